The highest BCUT2D eigenvalue weighted by atomic mass is 16.5. The summed E-state index contributed by atoms with van der Waals surface area (Å²) in [5, 5.41) is 55.4. The SMILES string of the molecule is CCC1CC2C=CC1CC(O)CC1(CCC3C=CC4CCC(CNC)CC45CC31CCO5)CN=C(N)NCCC1C(CO)CCC3CC#COc4ccc(cc4OC31)C1Oc3cc(OC)c4c(c3CC1O)C2Cc1cc(O)c(CC(C)C)cc1-4. The van der Waals surface area contributed by atoms with Gasteiger partial charge in [-0.25, -0.2) is 0 Å². The first-order valence-corrected chi connectivity index (χ1v) is 32.6. The van der Waals surface area contributed by atoms with Gasteiger partial charge in [0.2, 0.25) is 0 Å². The van der Waals surface area contributed by atoms with Gasteiger partial charge in [-0.1, -0.05) is 63.5 Å². The van der Waals surface area contributed by atoms with Crippen molar-refractivity contribution in [2.45, 2.75) is 172 Å². The van der Waals surface area contributed by atoms with E-state index in [-0.39, 0.29) is 64.6 Å². The van der Waals surface area contributed by atoms with E-state index in [2.05, 4.69) is 80.8 Å². The van der Waals surface area contributed by atoms with Crippen LogP contribution in [0.5, 0.6) is 28.7 Å². The summed E-state index contributed by atoms with van der Waals surface area (Å²) in [5.41, 5.74) is 13.4. The molecule has 0 radical (unpaired) electrons. The Morgan fingerprint density at radius 1 is 0.905 bits per heavy atom. The fourth-order valence-electron chi connectivity index (χ4n) is 19.3. The van der Waals surface area contributed by atoms with E-state index in [1.54, 1.807) is 7.11 Å². The van der Waals surface area contributed by atoms with Crippen LogP contribution in [0.15, 0.2) is 65.7 Å². The lowest BCUT2D eigenvalue weighted by atomic mass is 9.52. The maximum atomic E-state index is 13.0. The number of hydrogen-bond acceptors (Lipinski definition) is 13. The molecule has 7 heterocycles. The van der Waals surface area contributed by atoms with Crippen LogP contribution in [0.3, 0.4) is 0 Å². The zero-order chi connectivity index (χ0) is 58.1. The monoisotopic (exact) mass is 1150 g/mol. The maximum absolute atomic E-state index is 13.0. The molecular weight excluding hydrogens is 1050 g/mol. The van der Waals surface area contributed by atoms with Gasteiger partial charge in [0.25, 0.3) is 0 Å². The summed E-state index contributed by atoms with van der Waals surface area (Å²) in [6, 6.07) is 12.0. The molecule has 3 aromatic carbocycles. The van der Waals surface area contributed by atoms with E-state index in [0.29, 0.717) is 116 Å². The van der Waals surface area contributed by atoms with Crippen molar-refractivity contribution in [3.05, 3.63) is 88.5 Å². The number of allylic oxidation sites excluding steroid dienone is 3. The Labute approximate surface area is 499 Å². The predicted octanol–water partition coefficient (Wildman–Crippen LogP) is 10.9. The van der Waals surface area contributed by atoms with Crippen LogP contribution in [0.1, 0.15) is 157 Å². The molecule has 17 atom stereocenters. The molecular formula is C71H94N4O9. The number of fused-ring (bicyclic) bond motifs is 2. The highest BCUT2D eigenvalue weighted by Gasteiger charge is 2.66. The van der Waals surface area contributed by atoms with Crippen LogP contribution in [0.2, 0.25) is 0 Å². The second kappa shape index (κ2) is 23.5. The molecule has 17 unspecified atom stereocenters. The normalized spacial score (nSPS) is 37.5. The third-order valence-electron chi connectivity index (χ3n) is 23.3. The topological polar surface area (TPSA) is 190 Å². The number of rotatable bonds is 7. The molecule has 3 aromatic rings. The molecule has 3 spiro atoms. The number of phenolic OH excluding ortho intramolecular Hbond substituents is 1. The molecule has 16 rings (SSSR count). The minimum Gasteiger partial charge on any atom is -0.508 e. The summed E-state index contributed by atoms with van der Waals surface area (Å²) >= 11 is 0. The Morgan fingerprint density at radius 3 is 2.58 bits per heavy atom. The molecule has 452 valence electrons. The maximum Gasteiger partial charge on any atom is 0.188 e. The summed E-state index contributed by atoms with van der Waals surface area (Å²) in [7, 11) is 3.81. The van der Waals surface area contributed by atoms with Gasteiger partial charge in [0, 0.05) is 74.1 Å². The standard InChI is InChI=1S/C71H94N4O9/c1-6-43-27-46-12-11-45(43)28-53(77)36-69(21-19-51-16-17-52-15-9-42(37-73-4)35-71(52)39-70(51,69)22-25-82-71)40-75-68(72)74-23-20-54-48(38-76)13-10-44-8-7-24-81-60-18-14-47(32-62(60)84-66(44)54)67-59(79)33-57-61(83-67)34-63(80-5)65-56-30-50(26-41(2)3)58(78)31-49(56)29-55(46)64(57)65/h11-12,14,16-18,30-32,34,41-46,48,51-55,59,66-67,73,76-79H,6,8-10,13,15,19-23,25-29,33,35-40H2,1-5H3,(H3,72,74,75). The fraction of sp³-hybridized carbons (Fsp3) is 0.648. The zero-order valence-corrected chi connectivity index (χ0v) is 50.6. The third-order valence-corrected chi connectivity index (χ3v) is 23.3. The van der Waals surface area contributed by atoms with E-state index in [4.69, 9.17) is 34.4 Å². The lowest BCUT2D eigenvalue weighted by Gasteiger charge is -2.58. The number of aromatic hydroxyl groups is 1. The molecule has 7 aliphatic heterocycles. The molecule has 13 heteroatoms. The summed E-state index contributed by atoms with van der Waals surface area (Å²) in [6.07, 6.45) is 25.9. The van der Waals surface area contributed by atoms with Crippen molar-refractivity contribution in [1.82, 2.24) is 10.6 Å². The highest BCUT2D eigenvalue weighted by Crippen LogP contribution is 2.69. The van der Waals surface area contributed by atoms with Crippen LogP contribution in [0.25, 0.3) is 11.1 Å². The van der Waals surface area contributed by atoms with E-state index in [1.807, 2.05) is 30.3 Å². The lowest BCUT2D eigenvalue weighted by Crippen LogP contribution is -2.58. The first-order valence-electron chi connectivity index (χ1n) is 32.6. The van der Waals surface area contributed by atoms with Gasteiger partial charge in [0.15, 0.2) is 17.5 Å². The Bertz CT molecular complexity index is 3090. The smallest absolute Gasteiger partial charge is 0.188 e. The van der Waals surface area contributed by atoms with Gasteiger partial charge >= 0.3 is 0 Å². The van der Waals surface area contributed by atoms with Gasteiger partial charge in [-0.3, -0.25) is 4.99 Å². The number of nitrogens with zero attached hydrogens (tertiary/aromatic N) is 1. The average Bonchev–Trinajstić information content (AvgIpc) is 1.88. The van der Waals surface area contributed by atoms with Crippen LogP contribution >= 0.6 is 0 Å². The van der Waals surface area contributed by atoms with Gasteiger partial charge in [0.05, 0.1) is 24.9 Å². The summed E-state index contributed by atoms with van der Waals surface area (Å²) in [6.45, 7) is 9.51. The van der Waals surface area contributed by atoms with Crippen molar-refractivity contribution >= 4 is 5.96 Å². The van der Waals surface area contributed by atoms with Crippen molar-refractivity contribution in [1.29, 1.82) is 0 Å². The third kappa shape index (κ3) is 10.3. The van der Waals surface area contributed by atoms with Crippen LogP contribution in [0.4, 0.5) is 0 Å². The molecule has 8 N–H and O–H groups in total. The lowest BCUT2D eigenvalue weighted by molar-refractivity contribution is -0.198. The molecule has 0 amide bonds. The van der Waals surface area contributed by atoms with Gasteiger partial charge < -0.3 is 60.5 Å². The number of aliphatic hydroxyl groups is 3. The number of nitrogens with two attached hydrogens (primary N) is 1. The van der Waals surface area contributed by atoms with Crippen molar-refractivity contribution in [3.63, 3.8) is 0 Å². The predicted molar refractivity (Wildman–Crippen MR) is 327 cm³/mol. The molecule has 0 aromatic heterocycles. The van der Waals surface area contributed by atoms with Crippen LogP contribution in [-0.2, 0) is 24.0 Å². The molecule has 1 saturated heterocycles. The molecule has 84 heavy (non-hydrogen) atoms. The second-order valence-electron chi connectivity index (χ2n) is 28.3. The Morgan fingerprint density at radius 2 is 1.76 bits per heavy atom. The minimum atomic E-state index is -0.900. The Balaban J connectivity index is 0.921. The minimum absolute atomic E-state index is 0.000602. The van der Waals surface area contributed by atoms with E-state index in [0.717, 1.165) is 123 Å². The largest absolute Gasteiger partial charge is 0.508 e. The number of aliphatic imine (C=N–C) groups is 1. The molecule has 11 bridgehead atoms. The number of aliphatic hydroxyl groups excluding tert-OH is 3. The zero-order valence-electron chi connectivity index (χ0n) is 50.6. The van der Waals surface area contributed by atoms with Crippen molar-refractivity contribution < 1.29 is 44.1 Å². The van der Waals surface area contributed by atoms with E-state index >= 15 is 0 Å². The van der Waals surface area contributed by atoms with Crippen LogP contribution in [0, 0.1) is 82.0 Å². The van der Waals surface area contributed by atoms with Gasteiger partial charge in [0.1, 0.15) is 35.6 Å². The summed E-state index contributed by atoms with van der Waals surface area (Å²) < 4.78 is 34.1. The average molecular weight is 1150 g/mol. The summed E-state index contributed by atoms with van der Waals surface area (Å²) in [4.78, 5) is 5.38. The van der Waals surface area contributed by atoms with Crippen LogP contribution < -0.4 is 35.3 Å². The van der Waals surface area contributed by atoms with Crippen molar-refractivity contribution in [2.24, 2.45) is 80.7 Å². The van der Waals surface area contributed by atoms with Gasteiger partial charge in [-0.05, 0) is 220 Å². The number of guanidine groups is 1. The summed E-state index contributed by atoms with van der Waals surface area (Å²) in [5.74, 6) is 8.84. The van der Waals surface area contributed by atoms with Gasteiger partial charge in [-0.2, -0.15) is 0 Å². The molecule has 3 saturated carbocycles. The number of phenols is 1. The number of ether oxygens (including phenoxy) is 5. The number of nitrogens with one attached hydrogen (secondary N) is 2. The number of methoxy groups -OCH3 is 1. The quantitative estimate of drug-likeness (QED) is 0.0877. The Kier molecular flexibility index (Phi) is 16.2. The van der Waals surface area contributed by atoms with E-state index in [1.165, 1.54) is 6.42 Å². The van der Waals surface area contributed by atoms with E-state index in [9.17, 15) is 20.4 Å². The first kappa shape index (κ1) is 57.8. The first-order chi connectivity index (χ1) is 40.7. The molecule has 6 aliphatic carbocycles. The highest BCUT2D eigenvalue weighted by molar-refractivity contribution is 5.84. The van der Waals surface area contributed by atoms with Crippen molar-refractivity contribution in [2.75, 3.05) is 47.0 Å². The van der Waals surface area contributed by atoms with Crippen LogP contribution in [-0.4, -0.2) is 97.3 Å². The molecule has 13 aliphatic rings. The fourth-order valence-corrected chi connectivity index (χ4v) is 19.3. The van der Waals surface area contributed by atoms with E-state index < -0.39 is 18.3 Å². The Hall–Kier alpha value is -5.23. The number of hydrogen-bond donors (Lipinski definition) is 7. The second-order valence-corrected chi connectivity index (χ2v) is 28.3. The van der Waals surface area contributed by atoms with Gasteiger partial charge in [-0.15, -0.1) is 0 Å². The molecule has 4 fully saturated rings. The number of benzene rings is 3. The molecule has 13 nitrogen and oxygen atoms in total. The van der Waals surface area contributed by atoms with Crippen molar-refractivity contribution in [3.8, 4) is 51.9 Å².